The Kier molecular flexibility index (Phi) is 5.41. The quantitative estimate of drug-likeness (QED) is 0.759. The fraction of sp³-hybridized carbons (Fsp3) is 0.250. The number of benzene rings is 2. The molecule has 1 atom stereocenters. The van der Waals surface area contributed by atoms with Crippen LogP contribution in [0.2, 0.25) is 0 Å². The van der Waals surface area contributed by atoms with Crippen molar-refractivity contribution < 1.29 is 9.13 Å². The van der Waals surface area contributed by atoms with Gasteiger partial charge < -0.3 is 10.1 Å². The molecule has 5 heteroatoms. The maximum Gasteiger partial charge on any atom is 0.137 e. The minimum absolute atomic E-state index is 0.153. The predicted octanol–water partition coefficient (Wildman–Crippen LogP) is 4.98. The highest BCUT2D eigenvalue weighted by molar-refractivity contribution is 9.10. The third-order valence-electron chi connectivity index (χ3n) is 3.39. The summed E-state index contributed by atoms with van der Waals surface area (Å²) in [5, 5.41) is 3.22. The molecule has 0 spiro atoms. The van der Waals surface area contributed by atoms with Gasteiger partial charge in [0.15, 0.2) is 0 Å². The van der Waals surface area contributed by atoms with Crippen LogP contribution in [0.1, 0.15) is 22.7 Å². The predicted molar refractivity (Wildman–Crippen MR) is 90.4 cm³/mol. The Balaban J connectivity index is 2.55. The highest BCUT2D eigenvalue weighted by Gasteiger charge is 2.19. The highest BCUT2D eigenvalue weighted by Crippen LogP contribution is 2.35. The van der Waals surface area contributed by atoms with Crippen LogP contribution in [0.15, 0.2) is 39.3 Å². The highest BCUT2D eigenvalue weighted by atomic mass is 79.9. The lowest BCUT2D eigenvalue weighted by molar-refractivity contribution is 0.405. The van der Waals surface area contributed by atoms with E-state index in [2.05, 4.69) is 37.2 Å². The molecule has 0 aromatic heterocycles. The molecule has 0 amide bonds. The Hall–Kier alpha value is -0.910. The molecule has 0 aliphatic carbocycles. The Morgan fingerprint density at radius 1 is 1.14 bits per heavy atom. The molecule has 1 N–H and O–H groups in total. The maximum absolute atomic E-state index is 13.8. The molecule has 0 saturated heterocycles. The van der Waals surface area contributed by atoms with Gasteiger partial charge in [-0.3, -0.25) is 0 Å². The van der Waals surface area contributed by atoms with Gasteiger partial charge in [-0.2, -0.15) is 0 Å². The summed E-state index contributed by atoms with van der Waals surface area (Å²) in [6, 6.07) is 8.96. The summed E-state index contributed by atoms with van der Waals surface area (Å²) in [4.78, 5) is 0. The van der Waals surface area contributed by atoms with Gasteiger partial charge in [0.05, 0.1) is 17.6 Å². The number of hydrogen-bond acceptors (Lipinski definition) is 2. The molecule has 0 radical (unpaired) electrons. The van der Waals surface area contributed by atoms with Crippen molar-refractivity contribution in [3.8, 4) is 5.75 Å². The van der Waals surface area contributed by atoms with Crippen LogP contribution in [0, 0.1) is 12.7 Å². The van der Waals surface area contributed by atoms with Crippen molar-refractivity contribution in [2.75, 3.05) is 14.2 Å². The van der Waals surface area contributed by atoms with Gasteiger partial charge in [0, 0.05) is 10.0 Å². The Morgan fingerprint density at radius 3 is 2.43 bits per heavy atom. The van der Waals surface area contributed by atoms with Crippen LogP contribution in [-0.4, -0.2) is 14.2 Å². The van der Waals surface area contributed by atoms with Gasteiger partial charge in [0.2, 0.25) is 0 Å². The van der Waals surface area contributed by atoms with E-state index in [1.54, 1.807) is 13.2 Å². The lowest BCUT2D eigenvalue weighted by Gasteiger charge is -2.21. The summed E-state index contributed by atoms with van der Waals surface area (Å²) in [5.74, 6) is 0.497. The maximum atomic E-state index is 13.8. The van der Waals surface area contributed by atoms with E-state index < -0.39 is 0 Å². The first kappa shape index (κ1) is 16.5. The van der Waals surface area contributed by atoms with Crippen molar-refractivity contribution in [2.24, 2.45) is 0 Å². The zero-order valence-corrected chi connectivity index (χ0v) is 15.2. The molecular weight excluding hydrogens is 401 g/mol. The van der Waals surface area contributed by atoms with Crippen molar-refractivity contribution in [2.45, 2.75) is 13.0 Å². The van der Waals surface area contributed by atoms with Crippen LogP contribution < -0.4 is 10.1 Å². The van der Waals surface area contributed by atoms with Crippen molar-refractivity contribution in [3.63, 3.8) is 0 Å². The number of methoxy groups -OCH3 is 1. The SMILES string of the molecule is CNC(c1ccc(Br)c(F)c1)c1cc(Br)c(C)cc1OC. The molecule has 0 aliphatic rings. The van der Waals surface area contributed by atoms with Gasteiger partial charge >= 0.3 is 0 Å². The first-order chi connectivity index (χ1) is 9.97. The minimum Gasteiger partial charge on any atom is -0.496 e. The van der Waals surface area contributed by atoms with Crippen molar-refractivity contribution in [1.82, 2.24) is 5.32 Å². The van der Waals surface area contributed by atoms with Gasteiger partial charge in [-0.25, -0.2) is 4.39 Å². The Morgan fingerprint density at radius 2 is 1.86 bits per heavy atom. The fourth-order valence-electron chi connectivity index (χ4n) is 2.27. The molecule has 0 heterocycles. The number of rotatable bonds is 4. The van der Waals surface area contributed by atoms with Crippen molar-refractivity contribution in [1.29, 1.82) is 0 Å². The van der Waals surface area contributed by atoms with Crippen molar-refractivity contribution in [3.05, 3.63) is 61.8 Å². The second-order valence-electron chi connectivity index (χ2n) is 4.74. The molecule has 1 unspecified atom stereocenters. The van der Waals surface area contributed by atoms with Crippen LogP contribution in [0.25, 0.3) is 0 Å². The smallest absolute Gasteiger partial charge is 0.137 e. The summed E-state index contributed by atoms with van der Waals surface area (Å²) in [6.07, 6.45) is 0. The molecule has 0 bridgehead atoms. The first-order valence-electron chi connectivity index (χ1n) is 6.44. The summed E-state index contributed by atoms with van der Waals surface area (Å²) < 4.78 is 20.7. The average Bonchev–Trinajstić information content (AvgIpc) is 2.46. The van der Waals surface area contributed by atoms with Crippen LogP contribution in [0.5, 0.6) is 5.75 Å². The number of nitrogens with one attached hydrogen (secondary N) is 1. The minimum atomic E-state index is -0.280. The third kappa shape index (κ3) is 3.47. The van der Waals surface area contributed by atoms with Gasteiger partial charge in [-0.15, -0.1) is 0 Å². The molecule has 21 heavy (non-hydrogen) atoms. The summed E-state index contributed by atoms with van der Waals surface area (Å²) in [6.45, 7) is 2.00. The van der Waals surface area contributed by atoms with Gasteiger partial charge in [0.25, 0.3) is 0 Å². The third-order valence-corrected chi connectivity index (χ3v) is 4.89. The standard InChI is InChI=1S/C16H16Br2FNO/c1-9-6-15(21-3)11(8-13(9)18)16(20-2)10-4-5-12(17)14(19)7-10/h4-8,16,20H,1-3H3. The van der Waals surface area contributed by atoms with Crippen LogP contribution in [-0.2, 0) is 0 Å². The monoisotopic (exact) mass is 415 g/mol. The molecule has 2 nitrogen and oxygen atoms in total. The molecule has 2 aromatic rings. The van der Waals surface area contributed by atoms with E-state index in [0.29, 0.717) is 4.47 Å². The zero-order chi connectivity index (χ0) is 15.6. The Bertz CT molecular complexity index is 661. The summed E-state index contributed by atoms with van der Waals surface area (Å²) in [7, 11) is 3.49. The lowest BCUT2D eigenvalue weighted by Crippen LogP contribution is -2.19. The van der Waals surface area contributed by atoms with E-state index in [1.807, 2.05) is 32.2 Å². The lowest BCUT2D eigenvalue weighted by atomic mass is 9.97. The molecule has 2 rings (SSSR count). The zero-order valence-electron chi connectivity index (χ0n) is 12.0. The topological polar surface area (TPSA) is 21.3 Å². The number of halogens is 3. The van der Waals surface area contributed by atoms with Crippen LogP contribution in [0.4, 0.5) is 4.39 Å². The van der Waals surface area contributed by atoms with Gasteiger partial charge in [-0.05, 0) is 65.3 Å². The van der Waals surface area contributed by atoms with E-state index in [9.17, 15) is 4.39 Å². The normalized spacial score (nSPS) is 12.3. The fourth-order valence-corrected chi connectivity index (χ4v) is 2.87. The first-order valence-corrected chi connectivity index (χ1v) is 8.02. The average molecular weight is 417 g/mol. The van der Waals surface area contributed by atoms with E-state index >= 15 is 0 Å². The largest absolute Gasteiger partial charge is 0.496 e. The van der Waals surface area contributed by atoms with E-state index in [-0.39, 0.29) is 11.9 Å². The van der Waals surface area contributed by atoms with Gasteiger partial charge in [-0.1, -0.05) is 22.0 Å². The molecule has 0 saturated carbocycles. The van der Waals surface area contributed by atoms with Gasteiger partial charge in [0.1, 0.15) is 11.6 Å². The molecule has 0 aliphatic heterocycles. The molecule has 0 fully saturated rings. The van der Waals surface area contributed by atoms with Crippen LogP contribution in [0.3, 0.4) is 0 Å². The summed E-state index contributed by atoms with van der Waals surface area (Å²) in [5.41, 5.74) is 2.89. The summed E-state index contributed by atoms with van der Waals surface area (Å²) >= 11 is 6.72. The second kappa shape index (κ2) is 6.90. The molecule has 112 valence electrons. The van der Waals surface area contributed by atoms with E-state index in [4.69, 9.17) is 4.74 Å². The molecular formula is C16H16Br2FNO. The Labute approximate surface area is 141 Å². The second-order valence-corrected chi connectivity index (χ2v) is 6.45. The number of hydrogen-bond donors (Lipinski definition) is 1. The number of aryl methyl sites for hydroxylation is 1. The van der Waals surface area contributed by atoms with E-state index in [0.717, 1.165) is 26.9 Å². The molecule has 2 aromatic carbocycles. The van der Waals surface area contributed by atoms with Crippen LogP contribution >= 0.6 is 31.9 Å². The van der Waals surface area contributed by atoms with E-state index in [1.165, 1.54) is 6.07 Å². The number of ether oxygens (including phenoxy) is 1. The van der Waals surface area contributed by atoms with Crippen molar-refractivity contribution >= 4 is 31.9 Å².